The highest BCUT2D eigenvalue weighted by Gasteiger charge is 2.22. The largest absolute Gasteiger partial charge is 0.309 e. The molecule has 125 heavy (non-hydrogen) atoms. The molecule has 26 aromatic rings. The maximum absolute atomic E-state index is 2.38. The van der Waals surface area contributed by atoms with Crippen molar-refractivity contribution >= 4 is 172 Å². The topological polar surface area (TPSA) is 24.6 Å². The maximum atomic E-state index is 2.38. The summed E-state index contributed by atoms with van der Waals surface area (Å²) in [5.41, 5.74) is 31.1. The second kappa shape index (κ2) is 30.9. The van der Waals surface area contributed by atoms with Crippen LogP contribution in [-0.2, 0) is 0 Å². The summed E-state index contributed by atoms with van der Waals surface area (Å²) >= 11 is 3.76. The highest BCUT2D eigenvalue weighted by Crippen LogP contribution is 2.46. The number of hydrogen-bond donors (Lipinski definition) is 0. The fourth-order valence-electron chi connectivity index (χ4n) is 19.3. The lowest BCUT2D eigenvalue weighted by atomic mass is 10.0. The zero-order valence-corrected chi connectivity index (χ0v) is 71.2. The van der Waals surface area contributed by atoms with Crippen molar-refractivity contribution < 1.29 is 0 Å². The van der Waals surface area contributed by atoms with Gasteiger partial charge in [-0.25, -0.2) is 0 Å². The van der Waals surface area contributed by atoms with Crippen LogP contribution in [0.2, 0.25) is 0 Å². The molecule has 0 bridgehead atoms. The van der Waals surface area contributed by atoms with E-state index in [1.807, 2.05) is 22.7 Å². The summed E-state index contributed by atoms with van der Waals surface area (Å²) in [5, 5.41) is 18.3. The van der Waals surface area contributed by atoms with E-state index in [2.05, 4.69) is 481 Å². The molecule has 0 unspecified atom stereocenters. The molecule has 7 heterocycles. The van der Waals surface area contributed by atoms with Crippen LogP contribution in [0.25, 0.3) is 211 Å². The Bertz CT molecular complexity index is 8630. The van der Waals surface area contributed by atoms with E-state index in [4.69, 9.17) is 0 Å². The molecule has 0 aliphatic carbocycles. The van der Waals surface area contributed by atoms with Crippen LogP contribution in [0.3, 0.4) is 0 Å². The molecule has 0 aliphatic heterocycles. The third kappa shape index (κ3) is 13.0. The summed E-state index contributed by atoms with van der Waals surface area (Å²) in [5.74, 6) is 0. The van der Waals surface area contributed by atoms with E-state index in [0.717, 1.165) is 0 Å². The first-order valence-corrected chi connectivity index (χ1v) is 44.6. The lowest BCUT2D eigenvalue weighted by molar-refractivity contribution is 1.17. The fourth-order valence-corrected chi connectivity index (χ4v) is 21.6. The van der Waals surface area contributed by atoms with Gasteiger partial charge >= 0.3 is 0 Å². The zero-order valence-electron chi connectivity index (χ0n) is 69.5. The Morgan fingerprint density at radius 1 is 0.152 bits per heavy atom. The van der Waals surface area contributed by atoms with E-state index < -0.39 is 0 Å². The van der Waals surface area contributed by atoms with Crippen molar-refractivity contribution in [3.8, 4) is 61.8 Å². The summed E-state index contributed by atoms with van der Waals surface area (Å²) in [6.07, 6.45) is 0. The highest BCUT2D eigenvalue weighted by atomic mass is 32.1. The van der Waals surface area contributed by atoms with Crippen molar-refractivity contribution in [2.45, 2.75) is 27.7 Å². The first-order chi connectivity index (χ1) is 61.6. The molecule has 0 radical (unpaired) electrons. The van der Waals surface area contributed by atoms with Gasteiger partial charge in [-0.2, -0.15) is 0 Å². The number of hydrogen-bond acceptors (Lipinski definition) is 2. The van der Waals surface area contributed by atoms with Gasteiger partial charge in [-0.05, 0) is 249 Å². The van der Waals surface area contributed by atoms with Gasteiger partial charge in [0, 0.05) is 123 Å². The molecule has 7 aromatic heterocycles. The molecule has 0 saturated carbocycles. The predicted molar refractivity (Wildman–Crippen MR) is 538 cm³/mol. The van der Waals surface area contributed by atoms with Crippen LogP contribution in [0, 0.1) is 27.7 Å². The van der Waals surface area contributed by atoms with Gasteiger partial charge in [-0.3, -0.25) is 0 Å². The Labute approximate surface area is 731 Å². The molecule has 0 saturated heterocycles. The summed E-state index contributed by atoms with van der Waals surface area (Å²) in [6, 6.07) is 156. The van der Waals surface area contributed by atoms with Crippen LogP contribution in [0.1, 0.15) is 22.3 Å². The summed E-state index contributed by atoms with van der Waals surface area (Å²) in [6.45, 7) is 8.64. The molecular formula is C118H83N5S2. The van der Waals surface area contributed by atoms with Crippen molar-refractivity contribution in [3.63, 3.8) is 0 Å². The van der Waals surface area contributed by atoms with E-state index >= 15 is 0 Å². The van der Waals surface area contributed by atoms with Crippen LogP contribution >= 0.6 is 22.7 Å². The molecule has 0 N–H and O–H groups in total. The first-order valence-electron chi connectivity index (χ1n) is 42.9. The molecule has 19 aromatic carbocycles. The third-order valence-electron chi connectivity index (χ3n) is 25.1. The smallest absolute Gasteiger partial charge is 0.0541 e. The average Bonchev–Trinajstić information content (AvgIpc) is 1.57. The molecule has 0 amide bonds. The molecule has 7 heteroatoms. The number of aromatic nitrogens is 5. The van der Waals surface area contributed by atoms with Crippen molar-refractivity contribution in [2.24, 2.45) is 0 Å². The lowest BCUT2D eigenvalue weighted by Crippen LogP contribution is -1.93. The Kier molecular flexibility index (Phi) is 18.5. The monoisotopic (exact) mass is 1630 g/mol. The van der Waals surface area contributed by atoms with Gasteiger partial charge in [0.2, 0.25) is 0 Å². The Morgan fingerprint density at radius 3 is 0.816 bits per heavy atom. The molecular weight excluding hydrogens is 1550 g/mol. The van der Waals surface area contributed by atoms with E-state index in [1.54, 1.807) is 0 Å². The predicted octanol–water partition coefficient (Wildman–Crippen LogP) is 33.2. The van der Waals surface area contributed by atoms with Gasteiger partial charge in [-0.15, -0.1) is 22.7 Å². The van der Waals surface area contributed by atoms with Crippen molar-refractivity contribution in [1.82, 2.24) is 22.8 Å². The number of para-hydroxylation sites is 7. The number of aryl methyl sites for hydroxylation is 4. The number of nitrogens with zero attached hydrogens (tertiary/aromatic N) is 5. The van der Waals surface area contributed by atoms with Crippen molar-refractivity contribution in [3.05, 3.63) is 453 Å². The van der Waals surface area contributed by atoms with Gasteiger partial charge in [0.1, 0.15) is 0 Å². The molecule has 5 nitrogen and oxygen atoms in total. The highest BCUT2D eigenvalue weighted by molar-refractivity contribution is 7.26. The van der Waals surface area contributed by atoms with E-state index in [0.29, 0.717) is 0 Å². The Hall–Kier alpha value is -15.4. The van der Waals surface area contributed by atoms with Crippen LogP contribution < -0.4 is 0 Å². The minimum Gasteiger partial charge on any atom is -0.309 e. The minimum absolute atomic E-state index is 1.18. The molecule has 0 atom stereocenters. The summed E-state index contributed by atoms with van der Waals surface area (Å²) in [7, 11) is 0. The average molecular weight is 1640 g/mol. The summed E-state index contributed by atoms with van der Waals surface area (Å²) < 4.78 is 17.2. The molecule has 0 fully saturated rings. The van der Waals surface area contributed by atoms with Crippen molar-refractivity contribution in [2.75, 3.05) is 0 Å². The molecule has 592 valence electrons. The number of fused-ring (bicyclic) bond motifs is 21. The second-order valence-corrected chi connectivity index (χ2v) is 35.1. The number of rotatable bonds is 8. The SMILES string of the molecule is Cc1ccc(-n2c3ccccc3c3ccccc32)cc1.Cc1ccc2c(c1)c1cc(-c3ccc4c(c3)c3ccccc3n4-c3ccccc3)ccc1n2-c1ccccc1.Cc1ccc2c(c1)c1cc(-c3ccc4sc5ccccc5c4c3)ccc1n2-c1ccccc1.Cc1ccc2c(c1)c1cc(-c3cccc4c3sc3ccccc34)ccc1n2-c1ccccc1. The van der Waals surface area contributed by atoms with E-state index in [-0.39, 0.29) is 0 Å². The molecule has 26 rings (SSSR count). The number of thiophene rings is 2. The van der Waals surface area contributed by atoms with Gasteiger partial charge in [0.15, 0.2) is 0 Å². The van der Waals surface area contributed by atoms with Crippen LogP contribution in [0.4, 0.5) is 0 Å². The van der Waals surface area contributed by atoms with Crippen molar-refractivity contribution in [1.29, 1.82) is 0 Å². The van der Waals surface area contributed by atoms with Gasteiger partial charge in [-0.1, -0.05) is 265 Å². The van der Waals surface area contributed by atoms with E-state index in [1.165, 1.54) is 233 Å². The minimum atomic E-state index is 1.18. The molecule has 0 aliphatic rings. The summed E-state index contributed by atoms with van der Waals surface area (Å²) in [4.78, 5) is 0. The Balaban J connectivity index is 0.0000000981. The second-order valence-electron chi connectivity index (χ2n) is 33.0. The lowest BCUT2D eigenvalue weighted by Gasteiger charge is -2.09. The third-order valence-corrected chi connectivity index (χ3v) is 27.5. The normalized spacial score (nSPS) is 11.7. The van der Waals surface area contributed by atoms with Crippen LogP contribution in [0.5, 0.6) is 0 Å². The quantitative estimate of drug-likeness (QED) is 0.145. The van der Waals surface area contributed by atoms with Gasteiger partial charge in [0.05, 0.1) is 55.2 Å². The van der Waals surface area contributed by atoms with Gasteiger partial charge < -0.3 is 22.8 Å². The van der Waals surface area contributed by atoms with E-state index in [9.17, 15) is 0 Å². The number of benzene rings is 19. The standard InChI is InChI=1S/C37H26N2.2C31H21NS.C19H15N/c1-25-16-19-35-31(22-25)33-24-27(18-21-37(33)39(35)29-12-6-3-7-13-29)26-17-20-36-32(23-26)30-14-8-9-15-34(30)38(36)28-10-4-2-5-11-28;1-20-14-16-28-26(18-20)27-19-21(15-17-29(27)32(28)22-8-3-2-4-9-22)23-11-7-12-25-24-10-5-6-13-30(24)33-31(23)25;1-20-11-14-28-25(17-20)26-18-21(12-15-29(26)32(28)23-7-3-2-4-8-23)22-13-16-31-27(19-22)24-9-5-6-10-30(24)33-31;1-14-10-12-15(13-11-14)20-18-8-4-2-6-16(18)17-7-3-5-9-19(17)20/h2-24H,1H3;2*2-19H,1H3;2-13H,1H3. The first kappa shape index (κ1) is 74.7. The van der Waals surface area contributed by atoms with Crippen LogP contribution in [-0.4, -0.2) is 22.8 Å². The van der Waals surface area contributed by atoms with Gasteiger partial charge in [0.25, 0.3) is 0 Å². The zero-order chi connectivity index (χ0) is 83.3. The Morgan fingerprint density at radius 2 is 0.408 bits per heavy atom. The molecule has 0 spiro atoms. The van der Waals surface area contributed by atoms with Crippen LogP contribution in [0.15, 0.2) is 431 Å². The fraction of sp³-hybridized carbons (Fsp3) is 0.0339. The maximum Gasteiger partial charge on any atom is 0.0541 e.